The number of alkyl halides is 1. The van der Waals surface area contributed by atoms with Crippen molar-refractivity contribution in [3.8, 4) is 5.75 Å². The molecule has 1 aliphatic heterocycles. The molecule has 0 unspecified atom stereocenters. The van der Waals surface area contributed by atoms with Gasteiger partial charge in [-0.1, -0.05) is 0 Å². The van der Waals surface area contributed by atoms with Gasteiger partial charge in [0.1, 0.15) is 11.9 Å². The highest BCUT2D eigenvalue weighted by Gasteiger charge is 2.34. The number of pyridine rings is 1. The minimum atomic E-state index is -1.18. The number of fused-ring (bicyclic) bond motifs is 1. The maximum Gasteiger partial charge on any atom is 0.308 e. The Bertz CT molecular complexity index is 1120. The van der Waals surface area contributed by atoms with Crippen molar-refractivity contribution in [2.75, 3.05) is 32.5 Å². The summed E-state index contributed by atoms with van der Waals surface area (Å²) in [4.78, 5) is 19.7. The van der Waals surface area contributed by atoms with Crippen LogP contribution in [0.1, 0.15) is 37.4 Å². The number of rotatable bonds is 11. The molecule has 3 aromatic rings. The number of halogens is 1. The van der Waals surface area contributed by atoms with Crippen LogP contribution in [-0.4, -0.2) is 63.7 Å². The van der Waals surface area contributed by atoms with E-state index in [1.165, 1.54) is 0 Å². The number of ether oxygens (including phenoxy) is 1. The third-order valence-corrected chi connectivity index (χ3v) is 7.78. The molecule has 0 spiro atoms. The Hall–Kier alpha value is -2.78. The summed E-state index contributed by atoms with van der Waals surface area (Å²) in [5, 5.41) is 18.3. The minimum Gasteiger partial charge on any atom is -0.497 e. The summed E-state index contributed by atoms with van der Waals surface area (Å²) in [7, 11) is 1.58. The zero-order valence-corrected chi connectivity index (χ0v) is 20.7. The molecule has 0 saturated carbocycles. The first-order valence-electron chi connectivity index (χ1n) is 12.0. The number of aromatic nitrogens is 3. The van der Waals surface area contributed by atoms with Crippen molar-refractivity contribution in [1.29, 1.82) is 0 Å². The summed E-state index contributed by atoms with van der Waals surface area (Å²) in [5.74, 6) is 0.320. The van der Waals surface area contributed by atoms with Gasteiger partial charge in [-0.2, -0.15) is 10.2 Å². The summed E-state index contributed by atoms with van der Waals surface area (Å²) in [6, 6.07) is 9.10. The van der Waals surface area contributed by atoms with E-state index in [0.29, 0.717) is 30.7 Å². The molecule has 1 saturated heterocycles. The molecule has 3 atom stereocenters. The third kappa shape index (κ3) is 6.67. The monoisotopic (exact) mass is 498 g/mol. The lowest BCUT2D eigenvalue weighted by atomic mass is 9.81. The number of benzene rings is 1. The van der Waals surface area contributed by atoms with E-state index in [-0.39, 0.29) is 5.92 Å². The van der Waals surface area contributed by atoms with E-state index >= 15 is 4.39 Å². The number of hydrogen-bond acceptors (Lipinski definition) is 7. The molecule has 186 valence electrons. The second-order valence-corrected chi connectivity index (χ2v) is 10.1. The van der Waals surface area contributed by atoms with Crippen LogP contribution in [0.15, 0.2) is 53.8 Å². The first-order valence-corrected chi connectivity index (χ1v) is 12.9. The molecule has 0 aliphatic carbocycles. The molecule has 4 rings (SSSR count). The van der Waals surface area contributed by atoms with Gasteiger partial charge in [-0.3, -0.25) is 9.78 Å². The van der Waals surface area contributed by atoms with Crippen molar-refractivity contribution in [3.05, 3.63) is 54.5 Å². The Morgan fingerprint density at radius 1 is 1.29 bits per heavy atom. The molecule has 7 nitrogen and oxygen atoms in total. The fourth-order valence-electron chi connectivity index (χ4n) is 4.80. The quantitative estimate of drug-likeness (QED) is 0.291. The number of nitrogens with zero attached hydrogens (tertiary/aromatic N) is 4. The normalized spacial score (nSPS) is 19.5. The van der Waals surface area contributed by atoms with Crippen LogP contribution in [0.3, 0.4) is 0 Å². The topological polar surface area (TPSA) is 88.4 Å². The number of thioether (sulfide) groups is 1. The molecule has 0 bridgehead atoms. The van der Waals surface area contributed by atoms with Crippen LogP contribution in [0.2, 0.25) is 0 Å². The molecule has 9 heteroatoms. The summed E-state index contributed by atoms with van der Waals surface area (Å²) >= 11 is 1.73. The molecule has 1 fully saturated rings. The summed E-state index contributed by atoms with van der Waals surface area (Å²) < 4.78 is 20.7. The van der Waals surface area contributed by atoms with Crippen LogP contribution < -0.4 is 4.74 Å². The Balaban J connectivity index is 1.30. The number of likely N-dealkylation sites (tertiary alicyclic amines) is 1. The first kappa shape index (κ1) is 25.3. The van der Waals surface area contributed by atoms with Crippen molar-refractivity contribution in [2.24, 2.45) is 11.8 Å². The molecule has 1 aromatic carbocycles. The maximum atomic E-state index is 15.4. The van der Waals surface area contributed by atoms with Crippen molar-refractivity contribution in [3.63, 3.8) is 0 Å². The third-order valence-electron chi connectivity index (χ3n) is 6.71. The van der Waals surface area contributed by atoms with Crippen molar-refractivity contribution >= 4 is 28.6 Å². The van der Waals surface area contributed by atoms with Gasteiger partial charge in [0.05, 0.1) is 30.9 Å². The second-order valence-electron chi connectivity index (χ2n) is 8.90. The summed E-state index contributed by atoms with van der Waals surface area (Å²) in [6.07, 6.45) is 6.45. The van der Waals surface area contributed by atoms with Crippen LogP contribution in [0.4, 0.5) is 4.39 Å². The lowest BCUT2D eigenvalue weighted by molar-refractivity contribution is -0.146. The smallest absolute Gasteiger partial charge is 0.308 e. The van der Waals surface area contributed by atoms with E-state index in [1.54, 1.807) is 43.5 Å². The average Bonchev–Trinajstić information content (AvgIpc) is 2.89. The number of carbonyl (C=O) groups is 1. The maximum absolute atomic E-state index is 15.4. The Labute approximate surface area is 209 Å². The van der Waals surface area contributed by atoms with Gasteiger partial charge in [0.25, 0.3) is 0 Å². The lowest BCUT2D eigenvalue weighted by Crippen LogP contribution is -2.44. The zero-order chi connectivity index (χ0) is 24.6. The van der Waals surface area contributed by atoms with Gasteiger partial charge in [-0.05, 0) is 86.3 Å². The van der Waals surface area contributed by atoms with Gasteiger partial charge < -0.3 is 14.7 Å². The number of carboxylic acid groups (broad SMARTS) is 1. The Morgan fingerprint density at radius 3 is 2.94 bits per heavy atom. The van der Waals surface area contributed by atoms with Gasteiger partial charge in [-0.15, -0.1) is 11.8 Å². The molecule has 0 radical (unpaired) electrons. The fraction of sp³-hybridized carbons (Fsp3) is 0.462. The molecule has 35 heavy (non-hydrogen) atoms. The number of carboxylic acids is 1. The zero-order valence-electron chi connectivity index (χ0n) is 19.8. The molecular weight excluding hydrogens is 467 g/mol. The number of aliphatic carboxylic acids is 1. The molecule has 2 aromatic heterocycles. The fourth-order valence-corrected chi connectivity index (χ4v) is 5.59. The van der Waals surface area contributed by atoms with Gasteiger partial charge in [0.15, 0.2) is 0 Å². The van der Waals surface area contributed by atoms with Crippen molar-refractivity contribution in [2.45, 2.75) is 36.8 Å². The van der Waals surface area contributed by atoms with Crippen LogP contribution in [0.5, 0.6) is 5.75 Å². The van der Waals surface area contributed by atoms with Gasteiger partial charge in [-0.25, -0.2) is 4.39 Å². The van der Waals surface area contributed by atoms with E-state index in [4.69, 9.17) is 4.74 Å². The second kappa shape index (κ2) is 12.3. The van der Waals surface area contributed by atoms with Gasteiger partial charge in [0.2, 0.25) is 0 Å². The molecule has 1 N–H and O–H groups in total. The van der Waals surface area contributed by atoms with Crippen LogP contribution >= 0.6 is 11.8 Å². The van der Waals surface area contributed by atoms with E-state index in [2.05, 4.69) is 20.1 Å². The predicted octanol–water partition coefficient (Wildman–Crippen LogP) is 5.03. The SMILES string of the molecule is COc1ccc2nccc([C@@H](F)CC[C@@H]3CCN(CCCSc4ccnnc4)C[C@@H]3C(=O)O)c2c1. The van der Waals surface area contributed by atoms with E-state index in [0.717, 1.165) is 47.5 Å². The predicted molar refractivity (Wildman–Crippen MR) is 134 cm³/mol. The number of piperidine rings is 1. The largest absolute Gasteiger partial charge is 0.497 e. The standard InChI is InChI=1S/C26H31FN4O3S/c1-34-19-4-6-25-22(15-19)21(8-10-28-25)24(27)5-3-18-9-13-31(17-23(18)26(32)33)12-2-14-35-20-7-11-29-30-16-20/h4,6-8,10-11,15-16,18,23-24H,2-3,5,9,12-14,17H2,1H3,(H,32,33)/t18-,23+,24+/m1/s1. The first-order chi connectivity index (χ1) is 17.0. The van der Waals surface area contributed by atoms with Crippen molar-refractivity contribution in [1.82, 2.24) is 20.1 Å². The Morgan fingerprint density at radius 2 is 2.17 bits per heavy atom. The molecular formula is C26H31FN4O3S. The highest BCUT2D eigenvalue weighted by molar-refractivity contribution is 7.99. The average molecular weight is 499 g/mol. The summed E-state index contributed by atoms with van der Waals surface area (Å²) in [6.45, 7) is 2.23. The van der Waals surface area contributed by atoms with E-state index < -0.39 is 18.1 Å². The highest BCUT2D eigenvalue weighted by atomic mass is 32.2. The molecule has 3 heterocycles. The van der Waals surface area contributed by atoms with Crippen LogP contribution in [0, 0.1) is 11.8 Å². The van der Waals surface area contributed by atoms with Gasteiger partial charge in [0, 0.05) is 23.0 Å². The van der Waals surface area contributed by atoms with E-state index in [1.807, 2.05) is 24.3 Å². The summed E-state index contributed by atoms with van der Waals surface area (Å²) in [5.41, 5.74) is 1.31. The minimum absolute atomic E-state index is 0.0260. The van der Waals surface area contributed by atoms with Crippen LogP contribution in [0.25, 0.3) is 10.9 Å². The van der Waals surface area contributed by atoms with Crippen LogP contribution in [-0.2, 0) is 4.79 Å². The number of hydrogen-bond donors (Lipinski definition) is 1. The van der Waals surface area contributed by atoms with E-state index in [9.17, 15) is 9.90 Å². The highest BCUT2D eigenvalue weighted by Crippen LogP contribution is 2.35. The van der Waals surface area contributed by atoms with Gasteiger partial charge >= 0.3 is 5.97 Å². The molecule has 0 amide bonds. The van der Waals surface area contributed by atoms with Crippen molar-refractivity contribution < 1.29 is 19.0 Å². The number of methoxy groups -OCH3 is 1. The Kier molecular flexibility index (Phi) is 8.87. The molecule has 1 aliphatic rings. The lowest BCUT2D eigenvalue weighted by Gasteiger charge is -2.36.